The SMILES string of the molecule is [2H]C([2H])([2H])c1c[c-]c(-c2ccc(C([2H])([2H])[2H])cn2)cc1.[2H]C([2H])([2H])c1cc(-c2ccc3c(c2)oc2c(-c4nc5cccc(C([2H])([2H])[2H])c5n4-c4c(C([2H])(C)C)cc5c(oc6ccccc65)c4C([2H])(C)C)[c-]ccc23)ccc1C(C)(C)C.[Ir]. The predicted octanol–water partition coefficient (Wildman–Crippen LogP) is 17.3. The molecule has 0 amide bonds. The molecule has 1 radical (unpaired) electrons. The van der Waals surface area contributed by atoms with E-state index in [2.05, 4.69) is 17.1 Å². The third kappa shape index (κ3) is 8.29. The van der Waals surface area contributed by atoms with Crippen LogP contribution in [0.4, 0.5) is 0 Å². The molecule has 0 aliphatic rings. The molecule has 0 atom stereocenters. The first-order valence-corrected chi connectivity index (χ1v) is 22.1. The van der Waals surface area contributed by atoms with Crippen molar-refractivity contribution in [3.05, 3.63) is 185 Å². The van der Waals surface area contributed by atoms with Gasteiger partial charge in [-0.3, -0.25) is 4.98 Å². The molecule has 6 heteroatoms. The summed E-state index contributed by atoms with van der Waals surface area (Å²) in [7, 11) is 0. The van der Waals surface area contributed by atoms with Crippen molar-refractivity contribution in [2.45, 2.75) is 93.1 Å². The first-order valence-electron chi connectivity index (χ1n) is 29.1. The van der Waals surface area contributed by atoms with Gasteiger partial charge in [0, 0.05) is 72.9 Å². The summed E-state index contributed by atoms with van der Waals surface area (Å²) in [5, 5.41) is 3.18. The molecule has 0 saturated carbocycles. The Kier molecular flexibility index (Phi) is 8.59. The van der Waals surface area contributed by atoms with Crippen LogP contribution < -0.4 is 0 Å². The molecule has 4 aromatic heterocycles. The van der Waals surface area contributed by atoms with Gasteiger partial charge in [0.1, 0.15) is 16.7 Å². The molecule has 5 nitrogen and oxygen atoms in total. The number of rotatable bonds is 6. The maximum absolute atomic E-state index is 9.69. The Morgan fingerprint density at radius 1 is 0.662 bits per heavy atom. The number of furan rings is 2. The molecule has 343 valence electrons. The predicted molar refractivity (Wildman–Crippen MR) is 280 cm³/mol. The van der Waals surface area contributed by atoms with E-state index in [1.54, 1.807) is 74.7 Å². The standard InChI is InChI=1S/C49H45N2O2.C13H12N.Ir/c1-27(2)37-26-38-33-15-10-11-19-41(33)52-47(38)43(28(3)4)45(37)51-44-29(5)14-12-18-40(44)50-48(51)36-17-13-16-35-34-22-20-32(25-42(34)53-46(35)36)31-21-23-39(30(6)24-31)49(7,8)9;1-10-3-6-12(7-4-10)13-8-5-11(2)9-14-13;/h10-16,18-28H,1-9H3;3-6,8-9H,1-2H3;/q2*-1;/i5D3,6D3,27D,28D;1D3,2D3;. The number of pyridine rings is 1. The topological polar surface area (TPSA) is 57.0 Å². The molecular formula is C62H57IrN3O2-2. The minimum absolute atomic E-state index is 0. The molecule has 0 aliphatic heterocycles. The number of aromatic nitrogens is 3. The Labute approximate surface area is 433 Å². The molecular weight excluding hydrogens is 1010 g/mol. The van der Waals surface area contributed by atoms with E-state index in [1.807, 2.05) is 87.5 Å². The summed E-state index contributed by atoms with van der Waals surface area (Å²) in [6.07, 6.45) is 1.30. The quantitative estimate of drug-likeness (QED) is 0.156. The van der Waals surface area contributed by atoms with Crippen molar-refractivity contribution in [3.8, 4) is 39.5 Å². The molecule has 4 heterocycles. The van der Waals surface area contributed by atoms with Gasteiger partial charge in [-0.25, -0.2) is 0 Å². The zero-order valence-corrected chi connectivity index (χ0v) is 41.1. The number of benzene rings is 7. The van der Waals surface area contributed by atoms with E-state index in [1.165, 1.54) is 24.4 Å². The molecule has 0 aliphatic carbocycles. The second-order valence-corrected chi connectivity index (χ2v) is 18.4. The number of aryl methyl sites for hydroxylation is 4. The van der Waals surface area contributed by atoms with Crippen LogP contribution in [0.15, 0.2) is 142 Å². The fourth-order valence-electron chi connectivity index (χ4n) is 9.04. The van der Waals surface area contributed by atoms with Crippen molar-refractivity contribution in [1.29, 1.82) is 0 Å². The Balaban J connectivity index is 0.000000326. The van der Waals surface area contributed by atoms with Gasteiger partial charge in [-0.1, -0.05) is 139 Å². The van der Waals surface area contributed by atoms with Gasteiger partial charge in [-0.15, -0.1) is 53.6 Å². The van der Waals surface area contributed by atoms with E-state index in [-0.39, 0.29) is 42.2 Å². The number of para-hydroxylation sites is 2. The molecule has 11 aromatic rings. The molecule has 0 bridgehead atoms. The van der Waals surface area contributed by atoms with Crippen LogP contribution in [-0.4, -0.2) is 14.5 Å². The first kappa shape index (κ1) is 32.2. The largest absolute Gasteiger partial charge is 0.501 e. The number of fused-ring (bicyclic) bond motifs is 7. The van der Waals surface area contributed by atoms with Crippen LogP contribution in [-0.2, 0) is 25.5 Å². The van der Waals surface area contributed by atoms with Gasteiger partial charge in [-0.2, -0.15) is 0 Å². The first-order chi connectivity index (χ1) is 37.6. The molecule has 0 saturated heterocycles. The summed E-state index contributed by atoms with van der Waals surface area (Å²) in [4.78, 5) is 9.24. The van der Waals surface area contributed by atoms with Crippen LogP contribution in [0.1, 0.15) is 118 Å². The maximum Gasteiger partial charge on any atom is 0.140 e. The van der Waals surface area contributed by atoms with Gasteiger partial charge in [0.15, 0.2) is 0 Å². The fourth-order valence-corrected chi connectivity index (χ4v) is 9.04. The van der Waals surface area contributed by atoms with Crippen LogP contribution in [0.25, 0.3) is 94.4 Å². The summed E-state index contributed by atoms with van der Waals surface area (Å²) in [6, 6.07) is 43.5. The summed E-state index contributed by atoms with van der Waals surface area (Å²) in [6.45, 7) is 3.91. The molecule has 0 spiro atoms. The fraction of sp³-hybridized carbons (Fsp3) is 0.226. The minimum Gasteiger partial charge on any atom is -0.501 e. The Morgan fingerprint density at radius 3 is 2.15 bits per heavy atom. The van der Waals surface area contributed by atoms with Crippen molar-refractivity contribution < 1.29 is 48.1 Å². The molecule has 0 unspecified atom stereocenters. The van der Waals surface area contributed by atoms with Crippen LogP contribution in [0.3, 0.4) is 0 Å². The maximum atomic E-state index is 9.69. The van der Waals surface area contributed by atoms with Gasteiger partial charge in [0.25, 0.3) is 0 Å². The third-order valence-corrected chi connectivity index (χ3v) is 12.3. The zero-order chi connectivity index (χ0) is 58.7. The number of imidazole rings is 1. The van der Waals surface area contributed by atoms with E-state index in [0.717, 1.165) is 38.2 Å². The van der Waals surface area contributed by atoms with Gasteiger partial charge in [0.2, 0.25) is 0 Å². The van der Waals surface area contributed by atoms with Gasteiger partial charge in [0.05, 0.1) is 22.4 Å². The van der Waals surface area contributed by atoms with Crippen molar-refractivity contribution >= 4 is 54.9 Å². The molecule has 68 heavy (non-hydrogen) atoms. The van der Waals surface area contributed by atoms with Crippen LogP contribution in [0, 0.1) is 39.5 Å². The van der Waals surface area contributed by atoms with Crippen molar-refractivity contribution in [1.82, 2.24) is 14.5 Å². The van der Waals surface area contributed by atoms with E-state index >= 15 is 0 Å². The Bertz CT molecular complexity index is 4170. The van der Waals surface area contributed by atoms with Crippen LogP contribution >= 0.6 is 0 Å². The Morgan fingerprint density at radius 2 is 1.43 bits per heavy atom. The van der Waals surface area contributed by atoms with Gasteiger partial charge in [-0.05, 0) is 107 Å². The summed E-state index contributed by atoms with van der Waals surface area (Å²) in [5.41, 5.74) is 8.59. The Hall–Kier alpha value is -6.59. The number of hydrogen-bond acceptors (Lipinski definition) is 4. The van der Waals surface area contributed by atoms with Crippen LogP contribution in [0.5, 0.6) is 0 Å². The average Bonchev–Trinajstić information content (AvgIpc) is 3.17. The average molecular weight is 1080 g/mol. The summed E-state index contributed by atoms with van der Waals surface area (Å²) < 4.78 is 129. The van der Waals surface area contributed by atoms with E-state index in [0.29, 0.717) is 78.4 Å². The normalized spacial score (nSPS) is 16.0. The smallest absolute Gasteiger partial charge is 0.140 e. The molecule has 0 N–H and O–H groups in total. The monoisotopic (exact) mass is 1080 g/mol. The van der Waals surface area contributed by atoms with Gasteiger partial charge < -0.3 is 18.4 Å². The minimum atomic E-state index is -2.55. The molecule has 0 fully saturated rings. The second kappa shape index (κ2) is 18.1. The zero-order valence-electron chi connectivity index (χ0n) is 52.7. The van der Waals surface area contributed by atoms with E-state index in [9.17, 15) is 2.74 Å². The third-order valence-electron chi connectivity index (χ3n) is 12.3. The van der Waals surface area contributed by atoms with E-state index < -0.39 is 39.2 Å². The molecule has 11 rings (SSSR count). The van der Waals surface area contributed by atoms with E-state index in [4.69, 9.17) is 30.3 Å². The van der Waals surface area contributed by atoms with Crippen molar-refractivity contribution in [3.63, 3.8) is 0 Å². The number of nitrogens with zero attached hydrogens (tertiary/aromatic N) is 3. The number of hydrogen-bond donors (Lipinski definition) is 0. The summed E-state index contributed by atoms with van der Waals surface area (Å²) in [5.74, 6) is -2.24. The molecule has 7 aromatic carbocycles. The van der Waals surface area contributed by atoms with Crippen molar-refractivity contribution in [2.75, 3.05) is 0 Å². The van der Waals surface area contributed by atoms with Gasteiger partial charge >= 0.3 is 0 Å². The second-order valence-electron chi connectivity index (χ2n) is 18.4. The van der Waals surface area contributed by atoms with Crippen molar-refractivity contribution in [2.24, 2.45) is 0 Å². The summed E-state index contributed by atoms with van der Waals surface area (Å²) >= 11 is 0. The van der Waals surface area contributed by atoms with Crippen LogP contribution in [0.2, 0.25) is 0 Å².